The molecule has 23 heavy (non-hydrogen) atoms. The highest BCUT2D eigenvalue weighted by molar-refractivity contribution is 7.20. The molecule has 0 unspecified atom stereocenters. The monoisotopic (exact) mass is 351 g/mol. The summed E-state index contributed by atoms with van der Waals surface area (Å²) in [6.45, 7) is 0.868. The van der Waals surface area contributed by atoms with E-state index in [1.165, 1.54) is 23.5 Å². The molecular weight excluding hydrogens is 340 g/mol. The van der Waals surface area contributed by atoms with Crippen molar-refractivity contribution in [3.05, 3.63) is 58.7 Å². The van der Waals surface area contributed by atoms with Crippen molar-refractivity contribution in [2.45, 2.75) is 12.8 Å². The highest BCUT2D eigenvalue weighted by atomic mass is 35.5. The molecule has 0 aliphatic heterocycles. The molecule has 3 rings (SSSR count). The van der Waals surface area contributed by atoms with Gasteiger partial charge in [-0.3, -0.25) is 4.98 Å². The molecule has 0 fully saturated rings. The predicted molar refractivity (Wildman–Crippen MR) is 89.6 cm³/mol. The molecule has 0 aliphatic carbocycles. The van der Waals surface area contributed by atoms with E-state index < -0.39 is 5.92 Å². The van der Waals surface area contributed by atoms with Gasteiger partial charge in [-0.15, -0.1) is 0 Å². The molecule has 0 radical (unpaired) electrons. The zero-order valence-corrected chi connectivity index (χ0v) is 13.6. The van der Waals surface area contributed by atoms with Gasteiger partial charge in [0.25, 0.3) is 5.92 Å². The van der Waals surface area contributed by atoms with Crippen LogP contribution in [0, 0.1) is 0 Å². The molecule has 0 saturated heterocycles. The number of nitrogens with one attached hydrogen (secondary N) is 1. The Morgan fingerprint density at radius 3 is 2.74 bits per heavy atom. The number of aromatic nitrogens is 2. The van der Waals surface area contributed by atoms with Gasteiger partial charge in [-0.05, 0) is 24.3 Å². The Morgan fingerprint density at radius 2 is 2.04 bits per heavy atom. The third-order valence-electron chi connectivity index (χ3n) is 3.14. The fourth-order valence-corrected chi connectivity index (χ4v) is 3.14. The standard InChI is InChI=1S/C16H12ClF2N3S/c1-16(18,19)11-5-2-6-12(8-11)21-15-22-13(14(17)23-15)10-4-3-7-20-9-10/h2-9H,1H3,(H,21,22). The molecule has 2 heterocycles. The number of benzene rings is 1. The Hall–Kier alpha value is -2.05. The van der Waals surface area contributed by atoms with Crippen molar-refractivity contribution in [1.82, 2.24) is 9.97 Å². The first kappa shape index (κ1) is 15.8. The number of halogens is 3. The van der Waals surface area contributed by atoms with Gasteiger partial charge < -0.3 is 5.32 Å². The minimum Gasteiger partial charge on any atom is -0.331 e. The average molecular weight is 352 g/mol. The summed E-state index contributed by atoms with van der Waals surface area (Å²) in [5.74, 6) is -2.89. The summed E-state index contributed by atoms with van der Waals surface area (Å²) in [4.78, 5) is 8.45. The van der Waals surface area contributed by atoms with Crippen LogP contribution in [0.15, 0.2) is 48.8 Å². The first-order chi connectivity index (χ1) is 10.9. The molecule has 3 nitrogen and oxygen atoms in total. The summed E-state index contributed by atoms with van der Waals surface area (Å²) in [6, 6.07) is 9.72. The second-order valence-corrected chi connectivity index (χ2v) is 6.58. The fraction of sp³-hybridized carbons (Fsp3) is 0.125. The van der Waals surface area contributed by atoms with Gasteiger partial charge in [0.2, 0.25) is 0 Å². The summed E-state index contributed by atoms with van der Waals surface area (Å²) in [5.41, 5.74) is 1.89. The Morgan fingerprint density at radius 1 is 1.22 bits per heavy atom. The molecule has 1 aromatic carbocycles. The molecule has 0 amide bonds. The van der Waals surface area contributed by atoms with Gasteiger partial charge in [0, 0.05) is 36.1 Å². The van der Waals surface area contributed by atoms with E-state index in [1.54, 1.807) is 30.6 Å². The average Bonchev–Trinajstić information content (AvgIpc) is 2.88. The topological polar surface area (TPSA) is 37.8 Å². The smallest absolute Gasteiger partial charge is 0.270 e. The van der Waals surface area contributed by atoms with Gasteiger partial charge in [0.1, 0.15) is 10.0 Å². The SMILES string of the molecule is CC(F)(F)c1cccc(Nc2nc(-c3cccnc3)c(Cl)s2)c1. The zero-order chi connectivity index (χ0) is 16.4. The lowest BCUT2D eigenvalue weighted by Gasteiger charge is -2.12. The maximum atomic E-state index is 13.4. The largest absolute Gasteiger partial charge is 0.331 e. The number of anilines is 2. The molecule has 0 bridgehead atoms. The van der Waals surface area contributed by atoms with Crippen LogP contribution in [0.3, 0.4) is 0 Å². The van der Waals surface area contributed by atoms with Crippen molar-refractivity contribution >= 4 is 33.8 Å². The molecule has 3 aromatic rings. The van der Waals surface area contributed by atoms with E-state index in [9.17, 15) is 8.78 Å². The lowest BCUT2D eigenvalue weighted by atomic mass is 10.1. The van der Waals surface area contributed by atoms with E-state index >= 15 is 0 Å². The quantitative estimate of drug-likeness (QED) is 0.653. The van der Waals surface area contributed by atoms with Crippen molar-refractivity contribution in [3.8, 4) is 11.3 Å². The highest BCUT2D eigenvalue weighted by Gasteiger charge is 2.24. The number of hydrogen-bond acceptors (Lipinski definition) is 4. The van der Waals surface area contributed by atoms with Gasteiger partial charge in [-0.1, -0.05) is 35.1 Å². The van der Waals surface area contributed by atoms with Crippen molar-refractivity contribution in [2.24, 2.45) is 0 Å². The molecule has 2 aromatic heterocycles. The third-order valence-corrected chi connectivity index (χ3v) is 4.31. The summed E-state index contributed by atoms with van der Waals surface area (Å²) >= 11 is 7.46. The van der Waals surface area contributed by atoms with E-state index in [1.807, 2.05) is 6.07 Å². The summed E-state index contributed by atoms with van der Waals surface area (Å²) in [6.07, 6.45) is 3.34. The molecule has 0 spiro atoms. The van der Waals surface area contributed by atoms with Crippen LogP contribution >= 0.6 is 22.9 Å². The van der Waals surface area contributed by atoms with Crippen molar-refractivity contribution in [3.63, 3.8) is 0 Å². The van der Waals surface area contributed by atoms with E-state index in [4.69, 9.17) is 11.6 Å². The van der Waals surface area contributed by atoms with Crippen LogP contribution in [0.1, 0.15) is 12.5 Å². The van der Waals surface area contributed by atoms with Crippen molar-refractivity contribution in [2.75, 3.05) is 5.32 Å². The molecule has 1 N–H and O–H groups in total. The minimum absolute atomic E-state index is 0.0577. The van der Waals surface area contributed by atoms with Gasteiger partial charge in [-0.2, -0.15) is 0 Å². The van der Waals surface area contributed by atoms with Crippen LogP contribution in [0.5, 0.6) is 0 Å². The zero-order valence-electron chi connectivity index (χ0n) is 12.1. The Labute approximate surface area is 141 Å². The molecule has 0 saturated carbocycles. The Kier molecular flexibility index (Phi) is 4.28. The van der Waals surface area contributed by atoms with Crippen molar-refractivity contribution < 1.29 is 8.78 Å². The molecule has 7 heteroatoms. The number of alkyl halides is 2. The number of pyridine rings is 1. The van der Waals surface area contributed by atoms with Crippen LogP contribution in [0.2, 0.25) is 4.34 Å². The lowest BCUT2D eigenvalue weighted by molar-refractivity contribution is 0.0175. The van der Waals surface area contributed by atoms with Crippen LogP contribution < -0.4 is 5.32 Å². The number of nitrogens with zero attached hydrogens (tertiary/aromatic N) is 2. The predicted octanol–water partition coefficient (Wildman–Crippen LogP) is 5.71. The number of hydrogen-bond donors (Lipinski definition) is 1. The first-order valence-corrected chi connectivity index (χ1v) is 7.95. The molecule has 0 aliphatic rings. The van der Waals surface area contributed by atoms with E-state index in [2.05, 4.69) is 15.3 Å². The van der Waals surface area contributed by atoms with Crippen LogP contribution in [0.25, 0.3) is 11.3 Å². The minimum atomic E-state index is -2.89. The highest BCUT2D eigenvalue weighted by Crippen LogP contribution is 2.36. The molecule has 0 atom stereocenters. The van der Waals surface area contributed by atoms with E-state index in [0.717, 1.165) is 12.5 Å². The van der Waals surface area contributed by atoms with Gasteiger partial charge in [0.05, 0.1) is 0 Å². The molecule has 118 valence electrons. The fourth-order valence-electron chi connectivity index (χ4n) is 2.03. The van der Waals surface area contributed by atoms with Crippen molar-refractivity contribution in [1.29, 1.82) is 0 Å². The first-order valence-electron chi connectivity index (χ1n) is 6.75. The van der Waals surface area contributed by atoms with Crippen LogP contribution in [-0.2, 0) is 5.92 Å². The summed E-state index contributed by atoms with van der Waals surface area (Å²) in [7, 11) is 0. The summed E-state index contributed by atoms with van der Waals surface area (Å²) < 4.78 is 27.3. The number of thiazole rings is 1. The second kappa shape index (κ2) is 6.22. The van der Waals surface area contributed by atoms with Gasteiger partial charge in [-0.25, -0.2) is 13.8 Å². The maximum Gasteiger partial charge on any atom is 0.270 e. The van der Waals surface area contributed by atoms with Gasteiger partial charge >= 0.3 is 0 Å². The van der Waals surface area contributed by atoms with Gasteiger partial charge in [0.15, 0.2) is 5.13 Å². The summed E-state index contributed by atoms with van der Waals surface area (Å²) in [5, 5.41) is 3.55. The van der Waals surface area contributed by atoms with Crippen LogP contribution in [-0.4, -0.2) is 9.97 Å². The van der Waals surface area contributed by atoms with E-state index in [0.29, 0.717) is 20.8 Å². The number of rotatable bonds is 4. The second-order valence-electron chi connectivity index (χ2n) is 4.98. The molecular formula is C16H12ClF2N3S. The van der Waals surface area contributed by atoms with E-state index in [-0.39, 0.29) is 5.56 Å². The lowest BCUT2D eigenvalue weighted by Crippen LogP contribution is -2.07. The maximum absolute atomic E-state index is 13.4. The third kappa shape index (κ3) is 3.65. The normalized spacial score (nSPS) is 11.5. The Bertz CT molecular complexity index is 816. The Balaban J connectivity index is 1.87. The van der Waals surface area contributed by atoms with Crippen LogP contribution in [0.4, 0.5) is 19.6 Å².